The van der Waals surface area contributed by atoms with Gasteiger partial charge in [0, 0.05) is 42.9 Å². The van der Waals surface area contributed by atoms with Gasteiger partial charge in [0.15, 0.2) is 0 Å². The van der Waals surface area contributed by atoms with Crippen LogP contribution < -0.4 is 10.6 Å². The van der Waals surface area contributed by atoms with Gasteiger partial charge in [-0.2, -0.15) is 0 Å². The van der Waals surface area contributed by atoms with E-state index in [0.717, 1.165) is 18.5 Å². The summed E-state index contributed by atoms with van der Waals surface area (Å²) in [5.41, 5.74) is 2.74. The first-order valence-electron chi connectivity index (χ1n) is 8.68. The van der Waals surface area contributed by atoms with Crippen molar-refractivity contribution in [1.82, 2.24) is 25.2 Å². The lowest BCUT2D eigenvalue weighted by Crippen LogP contribution is -2.32. The molecule has 3 N–H and O–H groups in total. The fourth-order valence-corrected chi connectivity index (χ4v) is 2.70. The highest BCUT2D eigenvalue weighted by molar-refractivity contribution is 5.92. The van der Waals surface area contributed by atoms with Crippen molar-refractivity contribution in [3.8, 4) is 0 Å². The Hall–Kier alpha value is -2.93. The summed E-state index contributed by atoms with van der Waals surface area (Å²) >= 11 is 0. The van der Waals surface area contributed by atoms with Crippen LogP contribution >= 0.6 is 0 Å². The predicted molar refractivity (Wildman–Crippen MR) is 103 cm³/mol. The molecule has 7 heteroatoms. The first-order valence-corrected chi connectivity index (χ1v) is 8.68. The van der Waals surface area contributed by atoms with Gasteiger partial charge in [-0.1, -0.05) is 18.2 Å². The van der Waals surface area contributed by atoms with E-state index in [-0.39, 0.29) is 5.91 Å². The zero-order valence-electron chi connectivity index (χ0n) is 15.1. The molecule has 0 fully saturated rings. The number of carbonyl (C=O) groups is 1. The maximum absolute atomic E-state index is 12.1. The van der Waals surface area contributed by atoms with Gasteiger partial charge in [0.05, 0.1) is 0 Å². The lowest BCUT2D eigenvalue weighted by molar-refractivity contribution is 0.0946. The monoisotopic (exact) mass is 352 g/mol. The Morgan fingerprint density at radius 1 is 1.19 bits per heavy atom. The van der Waals surface area contributed by atoms with Gasteiger partial charge in [0.25, 0.3) is 5.91 Å². The number of nitrogens with one attached hydrogen (secondary N) is 3. The highest BCUT2D eigenvalue weighted by Crippen LogP contribution is 2.18. The number of hydrogen-bond donors (Lipinski definition) is 3. The van der Waals surface area contributed by atoms with Crippen molar-refractivity contribution in [3.05, 3.63) is 54.0 Å². The van der Waals surface area contributed by atoms with Gasteiger partial charge in [-0.15, -0.1) is 0 Å². The van der Waals surface area contributed by atoms with Crippen LogP contribution in [0.1, 0.15) is 16.1 Å². The number of carbonyl (C=O) groups excluding carboxylic acids is 1. The molecule has 2 aromatic heterocycles. The van der Waals surface area contributed by atoms with Crippen LogP contribution in [0.3, 0.4) is 0 Å². The summed E-state index contributed by atoms with van der Waals surface area (Å²) in [6, 6.07) is 9.85. The molecule has 0 saturated carbocycles. The number of H-pyrrole nitrogens is 1. The van der Waals surface area contributed by atoms with E-state index >= 15 is 0 Å². The Balaban J connectivity index is 1.54. The minimum Gasteiger partial charge on any atom is -0.361 e. The maximum atomic E-state index is 12.1. The second kappa shape index (κ2) is 8.44. The second-order valence-corrected chi connectivity index (χ2v) is 6.36. The Morgan fingerprint density at radius 3 is 2.88 bits per heavy atom. The fraction of sp³-hybridized carbons (Fsp3) is 0.316. The summed E-state index contributed by atoms with van der Waals surface area (Å²) < 4.78 is 0. The number of benzene rings is 1. The van der Waals surface area contributed by atoms with Crippen molar-refractivity contribution in [2.75, 3.05) is 39.0 Å². The van der Waals surface area contributed by atoms with E-state index in [4.69, 9.17) is 0 Å². The lowest BCUT2D eigenvalue weighted by atomic mass is 10.1. The van der Waals surface area contributed by atoms with Gasteiger partial charge >= 0.3 is 0 Å². The zero-order valence-corrected chi connectivity index (χ0v) is 15.1. The number of nitrogens with zero attached hydrogens (tertiary/aromatic N) is 3. The third-order valence-corrected chi connectivity index (χ3v) is 4.09. The number of amides is 1. The number of aromatic nitrogens is 3. The van der Waals surface area contributed by atoms with Crippen molar-refractivity contribution in [3.63, 3.8) is 0 Å². The molecule has 7 nitrogen and oxygen atoms in total. The molecule has 2 heterocycles. The minimum atomic E-state index is -0.186. The van der Waals surface area contributed by atoms with Crippen LogP contribution in [0.25, 0.3) is 10.9 Å². The molecule has 26 heavy (non-hydrogen) atoms. The second-order valence-electron chi connectivity index (χ2n) is 6.36. The summed E-state index contributed by atoms with van der Waals surface area (Å²) in [4.78, 5) is 25.9. The molecule has 1 aromatic carbocycles. The molecule has 0 unspecified atom stereocenters. The number of aromatic amines is 1. The Kier molecular flexibility index (Phi) is 5.80. The van der Waals surface area contributed by atoms with Crippen molar-refractivity contribution in [2.45, 2.75) is 6.42 Å². The first-order chi connectivity index (χ1) is 12.6. The number of likely N-dealkylation sites (N-methyl/N-ethyl adjacent to an activating group) is 1. The molecule has 0 aliphatic rings. The van der Waals surface area contributed by atoms with Gasteiger partial charge in [-0.25, -0.2) is 9.97 Å². The number of rotatable bonds is 8. The Morgan fingerprint density at radius 2 is 2.04 bits per heavy atom. The van der Waals surface area contributed by atoms with Gasteiger partial charge in [-0.05, 0) is 38.2 Å². The summed E-state index contributed by atoms with van der Waals surface area (Å²) in [5.74, 6) is 0.277. The fourth-order valence-electron chi connectivity index (χ4n) is 2.70. The number of anilines is 1. The van der Waals surface area contributed by atoms with Gasteiger partial charge in [0.2, 0.25) is 5.95 Å². The predicted octanol–water partition coefficient (Wildman–Crippen LogP) is 1.90. The summed E-state index contributed by atoms with van der Waals surface area (Å²) in [5, 5.41) is 7.27. The molecule has 3 rings (SSSR count). The average Bonchev–Trinajstić information content (AvgIpc) is 3.05. The molecule has 0 saturated heterocycles. The molecule has 0 atom stereocenters. The molecule has 136 valence electrons. The zero-order chi connectivity index (χ0) is 18.4. The Bertz CT molecular complexity index is 873. The quantitative estimate of drug-likeness (QED) is 0.576. The first kappa shape index (κ1) is 17.9. The lowest BCUT2D eigenvalue weighted by Gasteiger charge is -2.10. The standard InChI is InChI=1S/C19H24N6O/c1-25(2)12-11-20-18(26)17-8-10-22-19(24-17)21-9-7-14-13-23-16-6-4-3-5-15(14)16/h3-6,8,10,13,23H,7,9,11-12H2,1-2H3,(H,20,26)(H,21,22,24). The summed E-state index contributed by atoms with van der Waals surface area (Å²) in [6.07, 6.45) is 4.47. The van der Waals surface area contributed by atoms with E-state index in [9.17, 15) is 4.79 Å². The summed E-state index contributed by atoms with van der Waals surface area (Å²) in [7, 11) is 3.93. The number of para-hydroxylation sites is 1. The van der Waals surface area contributed by atoms with Crippen LogP contribution in [0.2, 0.25) is 0 Å². The number of fused-ring (bicyclic) bond motifs is 1. The van der Waals surface area contributed by atoms with Crippen LogP contribution in [0.4, 0.5) is 5.95 Å². The molecule has 0 spiro atoms. The highest BCUT2D eigenvalue weighted by Gasteiger charge is 2.09. The highest BCUT2D eigenvalue weighted by atomic mass is 16.1. The van der Waals surface area contributed by atoms with E-state index in [2.05, 4.69) is 37.7 Å². The van der Waals surface area contributed by atoms with Crippen molar-refractivity contribution >= 4 is 22.8 Å². The van der Waals surface area contributed by atoms with E-state index in [1.165, 1.54) is 10.9 Å². The summed E-state index contributed by atoms with van der Waals surface area (Å²) in [6.45, 7) is 2.05. The van der Waals surface area contributed by atoms with Crippen LogP contribution in [-0.4, -0.2) is 59.5 Å². The molecular weight excluding hydrogens is 328 g/mol. The van der Waals surface area contributed by atoms with Gasteiger partial charge in [-0.3, -0.25) is 4.79 Å². The van der Waals surface area contributed by atoms with Gasteiger partial charge in [0.1, 0.15) is 5.69 Å². The third kappa shape index (κ3) is 4.58. The molecular formula is C19H24N6O. The van der Waals surface area contributed by atoms with Crippen LogP contribution in [-0.2, 0) is 6.42 Å². The maximum Gasteiger partial charge on any atom is 0.270 e. The van der Waals surface area contributed by atoms with E-state index < -0.39 is 0 Å². The molecule has 0 radical (unpaired) electrons. The van der Waals surface area contributed by atoms with Crippen LogP contribution in [0, 0.1) is 0 Å². The van der Waals surface area contributed by atoms with E-state index in [0.29, 0.717) is 24.7 Å². The smallest absolute Gasteiger partial charge is 0.270 e. The largest absolute Gasteiger partial charge is 0.361 e. The van der Waals surface area contributed by atoms with Crippen molar-refractivity contribution in [1.29, 1.82) is 0 Å². The molecule has 0 aliphatic heterocycles. The van der Waals surface area contributed by atoms with Crippen molar-refractivity contribution in [2.24, 2.45) is 0 Å². The van der Waals surface area contributed by atoms with Crippen LogP contribution in [0.5, 0.6) is 0 Å². The van der Waals surface area contributed by atoms with Crippen molar-refractivity contribution < 1.29 is 4.79 Å². The minimum absolute atomic E-state index is 0.186. The normalized spacial score (nSPS) is 11.0. The molecule has 0 aliphatic carbocycles. The van der Waals surface area contributed by atoms with E-state index in [1.54, 1.807) is 12.3 Å². The molecule has 0 bridgehead atoms. The molecule has 3 aromatic rings. The SMILES string of the molecule is CN(C)CCNC(=O)c1ccnc(NCCc2c[nH]c3ccccc23)n1. The van der Waals surface area contributed by atoms with Gasteiger partial charge < -0.3 is 20.5 Å². The third-order valence-electron chi connectivity index (χ3n) is 4.09. The molecule has 1 amide bonds. The number of hydrogen-bond acceptors (Lipinski definition) is 5. The van der Waals surface area contributed by atoms with Crippen LogP contribution in [0.15, 0.2) is 42.7 Å². The Labute approximate surface area is 152 Å². The van der Waals surface area contributed by atoms with E-state index in [1.807, 2.05) is 37.3 Å². The average molecular weight is 352 g/mol. The topological polar surface area (TPSA) is 85.9 Å².